The van der Waals surface area contributed by atoms with Crippen molar-refractivity contribution in [3.8, 4) is 0 Å². The fourth-order valence-electron chi connectivity index (χ4n) is 4.49. The Labute approximate surface area is 162 Å². The molecule has 3 heterocycles. The van der Waals surface area contributed by atoms with Crippen LogP contribution in [0.15, 0.2) is 30.9 Å². The quantitative estimate of drug-likeness (QED) is 0.809. The van der Waals surface area contributed by atoms with Crippen molar-refractivity contribution in [3.63, 3.8) is 0 Å². The molecular formula is C21H32N6. The standard InChI is InChI=1S/C21H32N6/c1-18-4-3-5-21(19(18)2)26-8-6-20(7-9-26)25-13-10-24(11-14-25)12-15-27-17-22-16-23-27/h3-5,16-17,20H,6-15H2,1-2H3. The van der Waals surface area contributed by atoms with Crippen LogP contribution in [0.4, 0.5) is 5.69 Å². The summed E-state index contributed by atoms with van der Waals surface area (Å²) in [7, 11) is 0. The number of aryl methyl sites for hydroxylation is 1. The molecule has 27 heavy (non-hydrogen) atoms. The van der Waals surface area contributed by atoms with Crippen LogP contribution in [0.1, 0.15) is 24.0 Å². The summed E-state index contributed by atoms with van der Waals surface area (Å²) in [6, 6.07) is 7.45. The minimum absolute atomic E-state index is 0.754. The number of hydrogen-bond acceptors (Lipinski definition) is 5. The van der Waals surface area contributed by atoms with Gasteiger partial charge in [0.05, 0.1) is 6.54 Å². The van der Waals surface area contributed by atoms with Crippen molar-refractivity contribution in [1.82, 2.24) is 24.6 Å². The van der Waals surface area contributed by atoms with Gasteiger partial charge in [0.25, 0.3) is 0 Å². The maximum absolute atomic E-state index is 4.20. The topological polar surface area (TPSA) is 40.4 Å². The lowest BCUT2D eigenvalue weighted by Crippen LogP contribution is -2.53. The molecule has 0 atom stereocenters. The number of benzene rings is 1. The van der Waals surface area contributed by atoms with Gasteiger partial charge >= 0.3 is 0 Å². The third-order valence-electron chi connectivity index (χ3n) is 6.42. The second kappa shape index (κ2) is 8.40. The minimum atomic E-state index is 0.754. The Hall–Kier alpha value is -1.92. The molecule has 0 saturated carbocycles. The lowest BCUT2D eigenvalue weighted by molar-refractivity contribution is 0.0825. The smallest absolute Gasteiger partial charge is 0.137 e. The monoisotopic (exact) mass is 368 g/mol. The van der Waals surface area contributed by atoms with Crippen LogP contribution in [0.25, 0.3) is 0 Å². The molecule has 4 rings (SSSR count). The van der Waals surface area contributed by atoms with Gasteiger partial charge in [-0.05, 0) is 43.9 Å². The number of aromatic nitrogens is 3. The molecule has 0 spiro atoms. The average molecular weight is 369 g/mol. The van der Waals surface area contributed by atoms with E-state index >= 15 is 0 Å². The first-order chi connectivity index (χ1) is 13.2. The molecule has 6 nitrogen and oxygen atoms in total. The van der Waals surface area contributed by atoms with Crippen LogP contribution in [0.2, 0.25) is 0 Å². The van der Waals surface area contributed by atoms with Gasteiger partial charge in [0.1, 0.15) is 12.7 Å². The zero-order chi connectivity index (χ0) is 18.6. The van der Waals surface area contributed by atoms with Crippen LogP contribution >= 0.6 is 0 Å². The van der Waals surface area contributed by atoms with Crippen molar-refractivity contribution in [2.45, 2.75) is 39.3 Å². The normalized spacial score (nSPS) is 20.3. The first kappa shape index (κ1) is 18.4. The van der Waals surface area contributed by atoms with Crippen LogP contribution in [0.5, 0.6) is 0 Å². The van der Waals surface area contributed by atoms with Crippen molar-refractivity contribution in [1.29, 1.82) is 0 Å². The Bertz CT molecular complexity index is 712. The molecule has 0 N–H and O–H groups in total. The molecule has 0 unspecified atom stereocenters. The maximum atomic E-state index is 4.20. The number of anilines is 1. The summed E-state index contributed by atoms with van der Waals surface area (Å²) in [4.78, 5) is 11.9. The highest BCUT2D eigenvalue weighted by molar-refractivity contribution is 5.56. The predicted molar refractivity (Wildman–Crippen MR) is 109 cm³/mol. The summed E-state index contributed by atoms with van der Waals surface area (Å²) < 4.78 is 1.93. The van der Waals surface area contributed by atoms with Crippen LogP contribution in [-0.2, 0) is 6.54 Å². The van der Waals surface area contributed by atoms with Gasteiger partial charge in [0.2, 0.25) is 0 Å². The van der Waals surface area contributed by atoms with Crippen molar-refractivity contribution in [2.24, 2.45) is 0 Å². The van der Waals surface area contributed by atoms with Gasteiger partial charge in [0.15, 0.2) is 0 Å². The van der Waals surface area contributed by atoms with Gasteiger partial charge in [0, 0.05) is 57.5 Å². The molecule has 0 amide bonds. The van der Waals surface area contributed by atoms with Crippen molar-refractivity contribution in [2.75, 3.05) is 50.7 Å². The molecular weight excluding hydrogens is 336 g/mol. The summed E-state index contributed by atoms with van der Waals surface area (Å²) in [5.74, 6) is 0. The minimum Gasteiger partial charge on any atom is -0.371 e. The van der Waals surface area contributed by atoms with E-state index in [1.807, 2.05) is 4.68 Å². The second-order valence-corrected chi connectivity index (χ2v) is 7.97. The summed E-state index contributed by atoms with van der Waals surface area (Å²) in [6.45, 7) is 13.6. The second-order valence-electron chi connectivity index (χ2n) is 7.97. The Morgan fingerprint density at radius 3 is 2.44 bits per heavy atom. The first-order valence-electron chi connectivity index (χ1n) is 10.3. The Morgan fingerprint density at radius 1 is 0.963 bits per heavy atom. The van der Waals surface area contributed by atoms with Crippen LogP contribution in [-0.4, -0.2) is 76.4 Å². The lowest BCUT2D eigenvalue weighted by atomic mass is 9.99. The zero-order valence-corrected chi connectivity index (χ0v) is 16.7. The molecule has 2 fully saturated rings. The third kappa shape index (κ3) is 4.33. The molecule has 2 aliphatic rings. The van der Waals surface area contributed by atoms with Crippen molar-refractivity contribution < 1.29 is 0 Å². The first-order valence-corrected chi connectivity index (χ1v) is 10.3. The van der Waals surface area contributed by atoms with Gasteiger partial charge in [-0.2, -0.15) is 5.10 Å². The molecule has 0 radical (unpaired) electrons. The third-order valence-corrected chi connectivity index (χ3v) is 6.42. The molecule has 2 aliphatic heterocycles. The Morgan fingerprint density at radius 2 is 1.74 bits per heavy atom. The molecule has 1 aromatic heterocycles. The largest absolute Gasteiger partial charge is 0.371 e. The average Bonchev–Trinajstić information content (AvgIpc) is 3.23. The number of nitrogens with zero attached hydrogens (tertiary/aromatic N) is 6. The summed E-state index contributed by atoms with van der Waals surface area (Å²) in [5, 5.41) is 4.20. The zero-order valence-electron chi connectivity index (χ0n) is 16.7. The fraction of sp³-hybridized carbons (Fsp3) is 0.619. The Balaban J connectivity index is 1.23. The van der Waals surface area contributed by atoms with E-state index in [-0.39, 0.29) is 0 Å². The number of piperazine rings is 1. The van der Waals surface area contributed by atoms with Gasteiger partial charge in [-0.15, -0.1) is 0 Å². The molecule has 146 valence electrons. The predicted octanol–water partition coefficient (Wildman–Crippen LogP) is 2.18. The van der Waals surface area contributed by atoms with Gasteiger partial charge in [-0.3, -0.25) is 14.5 Å². The van der Waals surface area contributed by atoms with Gasteiger partial charge in [-0.1, -0.05) is 12.1 Å². The summed E-state index contributed by atoms with van der Waals surface area (Å²) in [5.41, 5.74) is 4.28. The van der Waals surface area contributed by atoms with Gasteiger partial charge < -0.3 is 4.90 Å². The highest BCUT2D eigenvalue weighted by Gasteiger charge is 2.27. The van der Waals surface area contributed by atoms with E-state index in [1.54, 1.807) is 12.7 Å². The van der Waals surface area contributed by atoms with Crippen molar-refractivity contribution in [3.05, 3.63) is 42.0 Å². The maximum Gasteiger partial charge on any atom is 0.137 e. The number of rotatable bonds is 5. The van der Waals surface area contributed by atoms with E-state index in [0.29, 0.717) is 0 Å². The van der Waals surface area contributed by atoms with E-state index < -0.39 is 0 Å². The van der Waals surface area contributed by atoms with E-state index in [9.17, 15) is 0 Å². The van der Waals surface area contributed by atoms with Gasteiger partial charge in [-0.25, -0.2) is 4.98 Å². The Kier molecular flexibility index (Phi) is 5.74. The summed E-state index contributed by atoms with van der Waals surface area (Å²) >= 11 is 0. The summed E-state index contributed by atoms with van der Waals surface area (Å²) in [6.07, 6.45) is 5.99. The molecule has 0 bridgehead atoms. The highest BCUT2D eigenvalue weighted by Crippen LogP contribution is 2.27. The van der Waals surface area contributed by atoms with E-state index in [4.69, 9.17) is 0 Å². The number of hydrogen-bond donors (Lipinski definition) is 0. The van der Waals surface area contributed by atoms with Crippen LogP contribution < -0.4 is 4.90 Å². The fourth-order valence-corrected chi connectivity index (χ4v) is 4.49. The van der Waals surface area contributed by atoms with E-state index in [2.05, 4.69) is 56.8 Å². The molecule has 2 saturated heterocycles. The highest BCUT2D eigenvalue weighted by atomic mass is 15.3. The van der Waals surface area contributed by atoms with Crippen molar-refractivity contribution >= 4 is 5.69 Å². The van der Waals surface area contributed by atoms with E-state index in [1.165, 1.54) is 68.9 Å². The van der Waals surface area contributed by atoms with Crippen LogP contribution in [0.3, 0.4) is 0 Å². The van der Waals surface area contributed by atoms with E-state index in [0.717, 1.165) is 19.1 Å². The van der Waals surface area contributed by atoms with Crippen LogP contribution in [0, 0.1) is 13.8 Å². The lowest BCUT2D eigenvalue weighted by Gasteiger charge is -2.43. The molecule has 6 heteroatoms. The number of piperidine rings is 1. The molecule has 0 aliphatic carbocycles. The molecule has 1 aromatic carbocycles. The SMILES string of the molecule is Cc1cccc(N2CCC(N3CCN(CCn4cncn4)CC3)CC2)c1C. The molecule has 2 aromatic rings.